The molecular formula is C16H17ClFN3O. The summed E-state index contributed by atoms with van der Waals surface area (Å²) in [6.07, 6.45) is 1.96. The van der Waals surface area contributed by atoms with Gasteiger partial charge in [-0.3, -0.25) is 4.79 Å². The Hall–Kier alpha value is -1.88. The molecule has 1 aromatic carbocycles. The fraction of sp³-hybridized carbons (Fsp3) is 0.375. The van der Waals surface area contributed by atoms with Gasteiger partial charge in [-0.1, -0.05) is 24.9 Å². The summed E-state index contributed by atoms with van der Waals surface area (Å²) < 4.78 is 16.0. The zero-order valence-electron chi connectivity index (χ0n) is 12.6. The van der Waals surface area contributed by atoms with Crippen LogP contribution in [0.4, 0.5) is 4.39 Å². The van der Waals surface area contributed by atoms with Crippen LogP contribution in [0.25, 0.3) is 11.3 Å². The van der Waals surface area contributed by atoms with Crippen molar-refractivity contribution < 1.29 is 9.18 Å². The number of amides is 1. The van der Waals surface area contributed by atoms with E-state index in [4.69, 9.17) is 11.6 Å². The molecule has 0 fully saturated rings. The maximum Gasteiger partial charge on any atom is 0.291 e. The average molecular weight is 322 g/mol. The molecule has 0 N–H and O–H groups in total. The lowest BCUT2D eigenvalue weighted by Gasteiger charge is -2.16. The molecule has 0 spiro atoms. The monoisotopic (exact) mass is 321 g/mol. The van der Waals surface area contributed by atoms with Crippen LogP contribution >= 0.6 is 11.6 Å². The van der Waals surface area contributed by atoms with Gasteiger partial charge in [0.25, 0.3) is 5.91 Å². The number of hydrogen-bond donors (Lipinski definition) is 0. The molecule has 6 heteroatoms. The van der Waals surface area contributed by atoms with Crippen LogP contribution in [0.2, 0.25) is 5.02 Å². The largest absolute Gasteiger partial charge is 0.318 e. The molecule has 1 aliphatic rings. The number of carbonyl (C=O) groups is 1. The molecule has 22 heavy (non-hydrogen) atoms. The lowest BCUT2D eigenvalue weighted by molar-refractivity contribution is 0.0763. The number of benzene rings is 1. The number of aromatic nitrogens is 2. The van der Waals surface area contributed by atoms with Gasteiger partial charge < -0.3 is 9.47 Å². The van der Waals surface area contributed by atoms with Crippen molar-refractivity contribution >= 4 is 17.5 Å². The van der Waals surface area contributed by atoms with E-state index in [0.29, 0.717) is 41.0 Å². The molecule has 4 nitrogen and oxygen atoms in total. The van der Waals surface area contributed by atoms with Crippen LogP contribution in [0.15, 0.2) is 18.2 Å². The smallest absolute Gasteiger partial charge is 0.291 e. The lowest BCUT2D eigenvalue weighted by atomic mass is 10.1. The minimum Gasteiger partial charge on any atom is -0.318 e. The van der Waals surface area contributed by atoms with Crippen LogP contribution in [0.1, 0.15) is 36.1 Å². The Morgan fingerprint density at radius 2 is 2.18 bits per heavy atom. The van der Waals surface area contributed by atoms with Crippen molar-refractivity contribution in [2.75, 3.05) is 6.54 Å². The van der Waals surface area contributed by atoms with Crippen LogP contribution < -0.4 is 0 Å². The van der Waals surface area contributed by atoms with Crippen molar-refractivity contribution in [2.45, 2.75) is 33.4 Å². The Morgan fingerprint density at radius 3 is 2.86 bits per heavy atom. The van der Waals surface area contributed by atoms with Crippen molar-refractivity contribution in [2.24, 2.45) is 0 Å². The van der Waals surface area contributed by atoms with Crippen LogP contribution in [0, 0.1) is 12.7 Å². The number of halogens is 2. The second-order valence-corrected chi connectivity index (χ2v) is 5.92. The van der Waals surface area contributed by atoms with Crippen molar-refractivity contribution in [3.63, 3.8) is 0 Å². The molecule has 3 rings (SSSR count). The normalized spacial score (nSPS) is 13.8. The van der Waals surface area contributed by atoms with E-state index in [1.165, 1.54) is 6.07 Å². The van der Waals surface area contributed by atoms with Crippen molar-refractivity contribution in [3.05, 3.63) is 40.6 Å². The third kappa shape index (κ3) is 2.39. The Bertz CT molecular complexity index is 741. The quantitative estimate of drug-likeness (QED) is 0.857. The van der Waals surface area contributed by atoms with Gasteiger partial charge in [-0.05, 0) is 31.5 Å². The highest BCUT2D eigenvalue weighted by atomic mass is 35.5. The zero-order chi connectivity index (χ0) is 15.9. The van der Waals surface area contributed by atoms with E-state index in [1.54, 1.807) is 28.5 Å². The number of fused-ring (bicyclic) bond motifs is 1. The van der Waals surface area contributed by atoms with Gasteiger partial charge in [0.2, 0.25) is 5.82 Å². The maximum atomic E-state index is 14.2. The fourth-order valence-corrected chi connectivity index (χ4v) is 2.95. The summed E-state index contributed by atoms with van der Waals surface area (Å²) >= 11 is 5.81. The summed E-state index contributed by atoms with van der Waals surface area (Å²) in [5.74, 6) is -0.104. The predicted octanol–water partition coefficient (Wildman–Crippen LogP) is 3.86. The van der Waals surface area contributed by atoms with E-state index in [-0.39, 0.29) is 5.91 Å². The predicted molar refractivity (Wildman–Crippen MR) is 83.3 cm³/mol. The molecule has 0 atom stereocenters. The van der Waals surface area contributed by atoms with E-state index in [1.807, 2.05) is 0 Å². The standard InChI is InChI=1S/C16H17ClFN3O/c1-3-4-7-20-9-21-14(10(2)19-15(21)16(20)22)12-6-5-11(17)8-13(12)18/h5-6,8H,3-4,7,9H2,1-2H3. The van der Waals surface area contributed by atoms with Crippen LogP contribution in [-0.2, 0) is 6.67 Å². The molecule has 0 radical (unpaired) electrons. The number of aryl methyl sites for hydroxylation is 1. The lowest BCUT2D eigenvalue weighted by Crippen LogP contribution is -2.26. The molecule has 1 amide bonds. The number of carbonyl (C=O) groups excluding carboxylic acids is 1. The van der Waals surface area contributed by atoms with Crippen LogP contribution in [0.5, 0.6) is 0 Å². The molecule has 0 aliphatic carbocycles. The highest BCUT2D eigenvalue weighted by Crippen LogP contribution is 2.32. The summed E-state index contributed by atoms with van der Waals surface area (Å²) in [6.45, 7) is 4.99. The van der Waals surface area contributed by atoms with Gasteiger partial charge in [0.15, 0.2) is 0 Å². The van der Waals surface area contributed by atoms with Gasteiger partial charge in [-0.25, -0.2) is 9.37 Å². The van der Waals surface area contributed by atoms with Crippen molar-refractivity contribution in [3.8, 4) is 11.3 Å². The third-order valence-electron chi connectivity index (χ3n) is 3.90. The van der Waals surface area contributed by atoms with E-state index < -0.39 is 5.82 Å². The second kappa shape index (κ2) is 5.72. The topological polar surface area (TPSA) is 38.1 Å². The van der Waals surface area contributed by atoms with Crippen molar-refractivity contribution in [1.82, 2.24) is 14.5 Å². The molecule has 116 valence electrons. The average Bonchev–Trinajstić information content (AvgIpc) is 2.94. The fourth-order valence-electron chi connectivity index (χ4n) is 2.79. The summed E-state index contributed by atoms with van der Waals surface area (Å²) in [7, 11) is 0. The first kappa shape index (κ1) is 15.0. The van der Waals surface area contributed by atoms with Gasteiger partial charge in [0.05, 0.1) is 18.1 Å². The number of imidazole rings is 1. The number of nitrogens with zero attached hydrogens (tertiary/aromatic N) is 3. The van der Waals surface area contributed by atoms with E-state index >= 15 is 0 Å². The minimum absolute atomic E-state index is 0.0860. The first-order valence-electron chi connectivity index (χ1n) is 7.34. The summed E-state index contributed by atoms with van der Waals surface area (Å²) in [5, 5.41) is 0.348. The van der Waals surface area contributed by atoms with Gasteiger partial charge in [0.1, 0.15) is 5.82 Å². The molecule has 0 saturated carbocycles. The van der Waals surface area contributed by atoms with E-state index in [9.17, 15) is 9.18 Å². The summed E-state index contributed by atoms with van der Waals surface area (Å²) in [6, 6.07) is 4.56. The molecule has 0 unspecified atom stereocenters. The third-order valence-corrected chi connectivity index (χ3v) is 4.14. The Labute approximate surface area is 133 Å². The Kier molecular flexibility index (Phi) is 3.91. The summed E-state index contributed by atoms with van der Waals surface area (Å²) in [4.78, 5) is 18.5. The molecule has 1 aliphatic heterocycles. The molecule has 0 saturated heterocycles. The van der Waals surface area contributed by atoms with E-state index in [2.05, 4.69) is 11.9 Å². The highest BCUT2D eigenvalue weighted by molar-refractivity contribution is 6.30. The first-order chi connectivity index (χ1) is 10.5. The molecule has 2 heterocycles. The Morgan fingerprint density at radius 1 is 1.41 bits per heavy atom. The van der Waals surface area contributed by atoms with Crippen LogP contribution in [0.3, 0.4) is 0 Å². The summed E-state index contributed by atoms with van der Waals surface area (Å²) in [5.41, 5.74) is 1.72. The molecule has 0 bridgehead atoms. The van der Waals surface area contributed by atoms with Gasteiger partial charge in [0, 0.05) is 17.1 Å². The van der Waals surface area contributed by atoms with Crippen molar-refractivity contribution in [1.29, 1.82) is 0 Å². The first-order valence-corrected chi connectivity index (χ1v) is 7.72. The number of rotatable bonds is 4. The molecular weight excluding hydrogens is 305 g/mol. The highest BCUT2D eigenvalue weighted by Gasteiger charge is 2.32. The number of hydrogen-bond acceptors (Lipinski definition) is 2. The van der Waals surface area contributed by atoms with Gasteiger partial charge in [-0.15, -0.1) is 0 Å². The van der Waals surface area contributed by atoms with E-state index in [0.717, 1.165) is 12.8 Å². The minimum atomic E-state index is -0.405. The zero-order valence-corrected chi connectivity index (χ0v) is 13.3. The maximum absolute atomic E-state index is 14.2. The Balaban J connectivity index is 2.03. The van der Waals surface area contributed by atoms with Gasteiger partial charge >= 0.3 is 0 Å². The van der Waals surface area contributed by atoms with Crippen LogP contribution in [-0.4, -0.2) is 26.9 Å². The molecule has 1 aromatic heterocycles. The molecule has 2 aromatic rings. The number of unbranched alkanes of at least 4 members (excludes halogenated alkanes) is 1. The second-order valence-electron chi connectivity index (χ2n) is 5.49. The SMILES string of the molecule is CCCCN1Cn2c(nc(C)c2-c2ccc(Cl)cc2F)C1=O. The van der Waals surface area contributed by atoms with Gasteiger partial charge in [-0.2, -0.15) is 0 Å².